The second-order valence-corrected chi connectivity index (χ2v) is 12.4. The highest BCUT2D eigenvalue weighted by atomic mass is 79.9. The largest absolute Gasteiger partial charge is 0.354 e. The lowest BCUT2D eigenvalue weighted by atomic mass is 10.1. The van der Waals surface area contributed by atoms with E-state index in [4.69, 9.17) is 0 Å². The van der Waals surface area contributed by atoms with Crippen LogP contribution in [0.3, 0.4) is 0 Å². The Morgan fingerprint density at radius 3 is 2.24 bits per heavy atom. The van der Waals surface area contributed by atoms with Crippen LogP contribution in [-0.2, 0) is 26.2 Å². The van der Waals surface area contributed by atoms with Gasteiger partial charge in [-0.1, -0.05) is 72.2 Å². The molecule has 0 heterocycles. The zero-order valence-corrected chi connectivity index (χ0v) is 24.5. The number of aryl methyl sites for hydroxylation is 1. The number of amides is 2. The van der Waals surface area contributed by atoms with Gasteiger partial charge in [-0.25, -0.2) is 8.42 Å². The van der Waals surface area contributed by atoms with E-state index in [-0.39, 0.29) is 23.3 Å². The van der Waals surface area contributed by atoms with Crippen molar-refractivity contribution in [3.8, 4) is 0 Å². The summed E-state index contributed by atoms with van der Waals surface area (Å²) in [5.74, 6) is -0.540. The third kappa shape index (κ3) is 7.68. The number of carbonyl (C=O) groups excluding carboxylic acids is 2. The number of hydrogen-bond donors (Lipinski definition) is 1. The Bertz CT molecular complexity index is 1360. The SMILES string of the molecule is Cc1cccc(N(CC(=O)N(Cc2cccc(Br)c2)C(C)C(=O)NCC(C)C)S(=O)(=O)c2ccccc2)c1. The summed E-state index contributed by atoms with van der Waals surface area (Å²) in [6, 6.07) is 21.7. The molecule has 3 aromatic rings. The Morgan fingerprint density at radius 1 is 0.921 bits per heavy atom. The molecule has 0 saturated heterocycles. The third-order valence-electron chi connectivity index (χ3n) is 5.99. The predicted molar refractivity (Wildman–Crippen MR) is 154 cm³/mol. The molecule has 1 atom stereocenters. The highest BCUT2D eigenvalue weighted by molar-refractivity contribution is 9.10. The highest BCUT2D eigenvalue weighted by Gasteiger charge is 2.32. The standard InChI is InChI=1S/C29H34BrN3O4S/c1-21(2)18-31-29(35)23(4)32(19-24-11-9-12-25(30)17-24)28(34)20-33(26-13-8-10-22(3)16-26)38(36,37)27-14-6-5-7-15-27/h5-17,21,23H,18-20H2,1-4H3,(H,31,35). The van der Waals surface area contributed by atoms with E-state index in [0.29, 0.717) is 12.2 Å². The number of nitrogens with zero attached hydrogens (tertiary/aromatic N) is 2. The fourth-order valence-corrected chi connectivity index (χ4v) is 5.77. The molecule has 0 saturated carbocycles. The van der Waals surface area contributed by atoms with Crippen molar-refractivity contribution >= 4 is 43.5 Å². The fraction of sp³-hybridized carbons (Fsp3) is 0.310. The number of rotatable bonds is 11. The maximum Gasteiger partial charge on any atom is 0.264 e. The van der Waals surface area contributed by atoms with Gasteiger partial charge in [0.15, 0.2) is 0 Å². The van der Waals surface area contributed by atoms with Crippen LogP contribution >= 0.6 is 15.9 Å². The van der Waals surface area contributed by atoms with Crippen molar-refractivity contribution in [1.29, 1.82) is 0 Å². The average molecular weight is 601 g/mol. The number of sulfonamides is 1. The summed E-state index contributed by atoms with van der Waals surface area (Å²) in [5.41, 5.74) is 2.04. The Hall–Kier alpha value is -3.17. The molecule has 7 nitrogen and oxygen atoms in total. The quantitative estimate of drug-likeness (QED) is 0.330. The lowest BCUT2D eigenvalue weighted by Gasteiger charge is -2.32. The van der Waals surface area contributed by atoms with E-state index in [2.05, 4.69) is 21.2 Å². The molecule has 0 fully saturated rings. The van der Waals surface area contributed by atoms with E-state index in [1.165, 1.54) is 17.0 Å². The van der Waals surface area contributed by atoms with Crippen molar-refractivity contribution in [3.63, 3.8) is 0 Å². The van der Waals surface area contributed by atoms with Crippen LogP contribution in [-0.4, -0.2) is 44.3 Å². The summed E-state index contributed by atoms with van der Waals surface area (Å²) in [7, 11) is -4.07. The Labute approximate surface area is 234 Å². The molecule has 0 spiro atoms. The van der Waals surface area contributed by atoms with E-state index < -0.39 is 28.5 Å². The smallest absolute Gasteiger partial charge is 0.264 e. The van der Waals surface area contributed by atoms with Crippen molar-refractivity contribution in [2.24, 2.45) is 5.92 Å². The Kier molecular flexibility index (Phi) is 10.1. The summed E-state index contributed by atoms with van der Waals surface area (Å²) in [4.78, 5) is 28.4. The second-order valence-electron chi connectivity index (χ2n) is 9.63. The van der Waals surface area contributed by atoms with Crippen molar-refractivity contribution in [1.82, 2.24) is 10.2 Å². The van der Waals surface area contributed by atoms with Crippen LogP contribution in [0.25, 0.3) is 0 Å². The minimum Gasteiger partial charge on any atom is -0.354 e. The zero-order valence-electron chi connectivity index (χ0n) is 22.1. The monoisotopic (exact) mass is 599 g/mol. The molecule has 3 rings (SSSR count). The number of anilines is 1. The van der Waals surface area contributed by atoms with E-state index in [0.717, 1.165) is 19.9 Å². The minimum atomic E-state index is -4.07. The molecule has 9 heteroatoms. The summed E-state index contributed by atoms with van der Waals surface area (Å²) in [5, 5.41) is 2.89. The van der Waals surface area contributed by atoms with Crippen LogP contribution in [0, 0.1) is 12.8 Å². The molecule has 38 heavy (non-hydrogen) atoms. The van der Waals surface area contributed by atoms with Gasteiger partial charge in [0.25, 0.3) is 10.0 Å². The molecule has 1 unspecified atom stereocenters. The van der Waals surface area contributed by atoms with Gasteiger partial charge >= 0.3 is 0 Å². The Morgan fingerprint density at radius 2 is 1.61 bits per heavy atom. The maximum atomic E-state index is 13.9. The van der Waals surface area contributed by atoms with Gasteiger partial charge in [-0.05, 0) is 67.3 Å². The van der Waals surface area contributed by atoms with Gasteiger partial charge in [-0.3, -0.25) is 13.9 Å². The molecule has 202 valence electrons. The van der Waals surface area contributed by atoms with Crippen LogP contribution in [0.4, 0.5) is 5.69 Å². The molecule has 0 aromatic heterocycles. The number of carbonyl (C=O) groups is 2. The first-order valence-corrected chi connectivity index (χ1v) is 14.7. The van der Waals surface area contributed by atoms with E-state index in [1.54, 1.807) is 43.3 Å². The van der Waals surface area contributed by atoms with Crippen LogP contribution in [0.2, 0.25) is 0 Å². The molecule has 0 aliphatic carbocycles. The van der Waals surface area contributed by atoms with Crippen molar-refractivity contribution < 1.29 is 18.0 Å². The van der Waals surface area contributed by atoms with Gasteiger partial charge in [0.05, 0.1) is 10.6 Å². The van der Waals surface area contributed by atoms with Crippen LogP contribution in [0.1, 0.15) is 31.9 Å². The summed E-state index contributed by atoms with van der Waals surface area (Å²) >= 11 is 3.46. The number of hydrogen-bond acceptors (Lipinski definition) is 4. The van der Waals surface area contributed by atoms with Gasteiger partial charge in [0, 0.05) is 17.6 Å². The number of halogens is 1. The Balaban J connectivity index is 2.00. The molecular formula is C29H34BrN3O4S. The van der Waals surface area contributed by atoms with Crippen molar-refractivity contribution in [3.05, 3.63) is 94.5 Å². The average Bonchev–Trinajstić information content (AvgIpc) is 2.88. The van der Waals surface area contributed by atoms with Crippen LogP contribution in [0.15, 0.2) is 88.2 Å². The van der Waals surface area contributed by atoms with Crippen molar-refractivity contribution in [2.75, 3.05) is 17.4 Å². The van der Waals surface area contributed by atoms with E-state index in [1.807, 2.05) is 51.1 Å². The molecule has 3 aromatic carbocycles. The molecular weight excluding hydrogens is 566 g/mol. The summed E-state index contributed by atoms with van der Waals surface area (Å²) < 4.78 is 29.5. The number of nitrogens with one attached hydrogen (secondary N) is 1. The lowest BCUT2D eigenvalue weighted by Crippen LogP contribution is -2.51. The molecule has 1 N–H and O–H groups in total. The van der Waals surface area contributed by atoms with Gasteiger partial charge in [0.2, 0.25) is 11.8 Å². The normalized spacial score (nSPS) is 12.2. The number of benzene rings is 3. The topological polar surface area (TPSA) is 86.8 Å². The minimum absolute atomic E-state index is 0.0792. The fourth-order valence-electron chi connectivity index (χ4n) is 3.90. The first kappa shape index (κ1) is 29.4. The molecule has 0 radical (unpaired) electrons. The van der Waals surface area contributed by atoms with Crippen LogP contribution in [0.5, 0.6) is 0 Å². The van der Waals surface area contributed by atoms with Crippen LogP contribution < -0.4 is 9.62 Å². The molecule has 0 aliphatic rings. The first-order valence-electron chi connectivity index (χ1n) is 12.4. The maximum absolute atomic E-state index is 13.9. The summed E-state index contributed by atoms with van der Waals surface area (Å²) in [6.07, 6.45) is 0. The third-order valence-corrected chi connectivity index (χ3v) is 8.27. The summed E-state index contributed by atoms with van der Waals surface area (Å²) in [6.45, 7) is 7.65. The lowest BCUT2D eigenvalue weighted by molar-refractivity contribution is -0.139. The predicted octanol–water partition coefficient (Wildman–Crippen LogP) is 5.14. The van der Waals surface area contributed by atoms with E-state index in [9.17, 15) is 18.0 Å². The molecule has 0 aliphatic heterocycles. The van der Waals surface area contributed by atoms with Gasteiger partial charge in [0.1, 0.15) is 12.6 Å². The van der Waals surface area contributed by atoms with Crippen molar-refractivity contribution in [2.45, 2.75) is 45.2 Å². The van der Waals surface area contributed by atoms with Gasteiger partial charge in [-0.15, -0.1) is 0 Å². The van der Waals surface area contributed by atoms with Gasteiger partial charge in [-0.2, -0.15) is 0 Å². The zero-order chi connectivity index (χ0) is 27.9. The van der Waals surface area contributed by atoms with E-state index >= 15 is 0 Å². The second kappa shape index (κ2) is 13.1. The molecule has 0 bridgehead atoms. The van der Waals surface area contributed by atoms with Gasteiger partial charge < -0.3 is 10.2 Å². The molecule has 2 amide bonds. The first-order chi connectivity index (χ1) is 18.0. The highest BCUT2D eigenvalue weighted by Crippen LogP contribution is 2.25.